The van der Waals surface area contributed by atoms with Crippen molar-refractivity contribution < 1.29 is 121 Å². The van der Waals surface area contributed by atoms with E-state index < -0.39 is 162 Å². The van der Waals surface area contributed by atoms with Gasteiger partial charge < -0.3 is 118 Å². The van der Waals surface area contributed by atoms with E-state index in [0.29, 0.717) is 69.0 Å². The van der Waals surface area contributed by atoms with Crippen LogP contribution >= 0.6 is 0 Å². The number of nitrogens with two attached hydrogens (primary N) is 2. The number of imide groups is 2. The predicted molar refractivity (Wildman–Crippen MR) is 482 cm³/mol. The molecule has 0 bridgehead atoms. The van der Waals surface area contributed by atoms with Gasteiger partial charge in [-0.05, 0) is 196 Å². The first-order valence-corrected chi connectivity index (χ1v) is 46.0. The molecule has 132 heavy (non-hydrogen) atoms. The summed E-state index contributed by atoms with van der Waals surface area (Å²) >= 11 is 0. The Morgan fingerprint density at radius 2 is 1.16 bits per heavy atom. The van der Waals surface area contributed by atoms with Crippen molar-refractivity contribution in [1.82, 2.24) is 42.1 Å². The Morgan fingerprint density at radius 1 is 0.583 bits per heavy atom. The number of aryl methyl sites for hydroxylation is 2. The molecule has 39 heteroatoms. The zero-order chi connectivity index (χ0) is 95.5. The zero-order valence-corrected chi connectivity index (χ0v) is 76.3. The van der Waals surface area contributed by atoms with Crippen molar-refractivity contribution in [3.63, 3.8) is 0 Å². The number of phenols is 1. The number of aliphatic imine (C=N–C) groups is 1. The Kier molecular flexibility index (Phi) is 38.4. The Morgan fingerprint density at radius 3 is 1.77 bits per heavy atom. The van der Waals surface area contributed by atoms with Gasteiger partial charge in [-0.1, -0.05) is 91.5 Å². The molecule has 1 unspecified atom stereocenters. The highest BCUT2D eigenvalue weighted by molar-refractivity contribution is 6.44. The highest BCUT2D eigenvalue weighted by Crippen LogP contribution is 2.60. The second-order valence-corrected chi connectivity index (χ2v) is 36.4. The van der Waals surface area contributed by atoms with E-state index >= 15 is 0 Å². The molecule has 3 saturated carbocycles. The second-order valence-electron chi connectivity index (χ2n) is 36.4. The molecular formula is C93H134N14O25. The van der Waals surface area contributed by atoms with Gasteiger partial charge in [-0.2, -0.15) is 5.10 Å². The van der Waals surface area contributed by atoms with E-state index in [2.05, 4.69) is 71.8 Å². The minimum absolute atomic E-state index is 0.0102. The number of amides is 13. The Labute approximate surface area is 768 Å². The van der Waals surface area contributed by atoms with Crippen LogP contribution < -0.4 is 59.4 Å². The number of anilines is 2. The molecule has 0 spiro atoms. The van der Waals surface area contributed by atoms with Gasteiger partial charge in [0.25, 0.3) is 11.8 Å². The van der Waals surface area contributed by atoms with Crippen molar-refractivity contribution in [3.05, 3.63) is 101 Å². The third-order valence-corrected chi connectivity index (χ3v) is 27.0. The summed E-state index contributed by atoms with van der Waals surface area (Å²) in [5.74, 6) is -0.124. The molecule has 726 valence electrons. The van der Waals surface area contributed by atoms with Gasteiger partial charge in [0.05, 0.1) is 89.2 Å². The van der Waals surface area contributed by atoms with Crippen molar-refractivity contribution in [2.75, 3.05) is 103 Å². The average molecular weight is 1850 g/mol. The minimum Gasteiger partial charge on any atom is -0.508 e. The maximum absolute atomic E-state index is 14.9. The fraction of sp³-hybridized carbons (Fsp3) is 0.634. The molecule has 16 atom stereocenters. The SMILES string of the molecule is CC(C)[C@H](NC(=O)[C@@H](CCCCNC(=O)COC1CCCCCC(=N[C@@H]2O[C@H](CO)[C@H](O)[C@H](O)[C@H]2O)C1=NN)NC(=O)CCOCCOCCOCCOCCN1C(=O)C=CC1=O)C(=O)N[C@@H](CCCNC(N)=O)C(=O)Nc1ccc(COC(=O)N[C@@H](CO)C(=O)Nc2ccc3c(c2)[C@@]2(C)CCC[C@](C)(C(=O)NC(=O)[C@@]4(C)CCC[C@]5(C)c6cc(O)ccc6CC[C@@H]45)[C@@H]2CC3)cc1. The summed E-state index contributed by atoms with van der Waals surface area (Å²) < 4.78 is 39.3. The third-order valence-electron chi connectivity index (χ3n) is 27.0. The van der Waals surface area contributed by atoms with E-state index in [0.717, 1.165) is 60.1 Å². The first kappa shape index (κ1) is 104. The lowest BCUT2D eigenvalue weighted by Crippen LogP contribution is -2.60. The number of nitrogens with zero attached hydrogens (tertiary/aromatic N) is 3. The van der Waals surface area contributed by atoms with Gasteiger partial charge in [-0.15, -0.1) is 0 Å². The van der Waals surface area contributed by atoms with Crippen molar-refractivity contribution in [2.24, 2.45) is 50.3 Å². The van der Waals surface area contributed by atoms with Gasteiger partial charge in [0.2, 0.25) is 47.3 Å². The van der Waals surface area contributed by atoms with Crippen LogP contribution in [0.5, 0.6) is 5.75 Å². The Bertz CT molecular complexity index is 4590. The van der Waals surface area contributed by atoms with Crippen molar-refractivity contribution in [3.8, 4) is 5.75 Å². The number of benzene rings is 3. The molecule has 3 aromatic rings. The van der Waals surface area contributed by atoms with Crippen molar-refractivity contribution >= 4 is 94.0 Å². The number of nitrogens with one attached hydrogen (secondary N) is 9. The number of hydrogen-bond acceptors (Lipinski definition) is 28. The molecule has 0 aromatic heterocycles. The molecule has 3 aromatic carbocycles. The number of primary amides is 1. The minimum atomic E-state index is -1.68. The molecule has 7 aliphatic rings. The van der Waals surface area contributed by atoms with Gasteiger partial charge in [0, 0.05) is 43.0 Å². The largest absolute Gasteiger partial charge is 0.508 e. The maximum Gasteiger partial charge on any atom is 0.408 e. The zero-order valence-electron chi connectivity index (χ0n) is 76.3. The molecule has 10 rings (SSSR count). The number of unbranched alkanes of at least 4 members (excludes halogenated alkanes) is 1. The fourth-order valence-corrected chi connectivity index (χ4v) is 19.7. The number of hydrazone groups is 1. The number of aromatic hydroxyl groups is 1. The van der Waals surface area contributed by atoms with E-state index in [1.165, 1.54) is 29.8 Å². The van der Waals surface area contributed by atoms with Gasteiger partial charge in [-0.25, -0.2) is 9.59 Å². The molecular weight excluding hydrogens is 1710 g/mol. The molecule has 5 aliphatic carbocycles. The summed E-state index contributed by atoms with van der Waals surface area (Å²) in [7, 11) is 0. The fourth-order valence-electron chi connectivity index (χ4n) is 19.7. The second kappa shape index (κ2) is 49.0. The van der Waals surface area contributed by atoms with Gasteiger partial charge in [0.1, 0.15) is 79.4 Å². The Balaban J connectivity index is 0.702. The number of phenolic OH excluding ortho intramolecular Hbond substituents is 1. The highest BCUT2D eigenvalue weighted by atomic mass is 16.6. The Hall–Kier alpha value is -10.5. The van der Waals surface area contributed by atoms with Crippen molar-refractivity contribution in [2.45, 2.75) is 255 Å². The summed E-state index contributed by atoms with van der Waals surface area (Å²) in [5, 5.41) is 90.8. The monoisotopic (exact) mass is 1850 g/mol. The number of hydrogen-bond donors (Lipinski definition) is 17. The molecule has 39 nitrogen and oxygen atoms in total. The number of alkyl carbamates (subject to hydrolysis) is 1. The normalized spacial score (nSPS) is 26.0. The summed E-state index contributed by atoms with van der Waals surface area (Å²) in [6, 6.07) is 11.2. The lowest BCUT2D eigenvalue weighted by Gasteiger charge is -2.56. The first-order chi connectivity index (χ1) is 63.1. The molecule has 19 N–H and O–H groups in total. The quantitative estimate of drug-likeness (QED) is 0.0167. The van der Waals surface area contributed by atoms with Crippen LogP contribution in [0.15, 0.2) is 82.9 Å². The molecule has 2 aliphatic heterocycles. The molecule has 1 saturated heterocycles. The molecule has 2 heterocycles. The number of urea groups is 1. The first-order valence-electron chi connectivity index (χ1n) is 46.0. The van der Waals surface area contributed by atoms with Crippen LogP contribution in [-0.4, -0.2) is 271 Å². The summed E-state index contributed by atoms with van der Waals surface area (Å²) in [5.41, 5.74) is 8.60. The van der Waals surface area contributed by atoms with E-state index in [9.17, 15) is 88.2 Å². The van der Waals surface area contributed by atoms with Crippen LogP contribution in [0.3, 0.4) is 0 Å². The smallest absolute Gasteiger partial charge is 0.408 e. The predicted octanol–water partition coefficient (Wildman–Crippen LogP) is 3.05. The van der Waals surface area contributed by atoms with Crippen LogP contribution in [0.25, 0.3) is 0 Å². The van der Waals surface area contributed by atoms with E-state index in [4.69, 9.17) is 44.7 Å². The number of aliphatic hydroxyl groups is 5. The number of ether oxygens (including phenoxy) is 7. The van der Waals surface area contributed by atoms with Crippen LogP contribution in [0.1, 0.15) is 191 Å². The van der Waals surface area contributed by atoms with Gasteiger partial charge in [0.15, 0.2) is 6.23 Å². The van der Waals surface area contributed by atoms with E-state index in [-0.39, 0.29) is 170 Å². The summed E-state index contributed by atoms with van der Waals surface area (Å²) in [6.45, 7) is 10.9. The molecule has 13 amide bonds. The van der Waals surface area contributed by atoms with E-state index in [1.807, 2.05) is 38.1 Å². The highest BCUT2D eigenvalue weighted by Gasteiger charge is 2.59. The number of carbonyl (C=O) groups excluding carboxylic acids is 12. The lowest BCUT2D eigenvalue weighted by molar-refractivity contribution is -0.226. The lowest BCUT2D eigenvalue weighted by atomic mass is 9.49. The molecule has 4 fully saturated rings. The van der Waals surface area contributed by atoms with Gasteiger partial charge >= 0.3 is 12.1 Å². The van der Waals surface area contributed by atoms with Crippen LogP contribution in [0, 0.1) is 28.6 Å². The number of rotatable bonds is 45. The maximum atomic E-state index is 14.9. The van der Waals surface area contributed by atoms with Crippen LogP contribution in [0.4, 0.5) is 21.0 Å². The summed E-state index contributed by atoms with van der Waals surface area (Å²) in [6.07, 6.45) is 3.52. The number of carbonyl (C=O) groups is 12. The third kappa shape index (κ3) is 27.2. The summed E-state index contributed by atoms with van der Waals surface area (Å²) in [4.78, 5) is 168. The average Bonchev–Trinajstić information content (AvgIpc) is 0.733. The van der Waals surface area contributed by atoms with Gasteiger partial charge in [-0.3, -0.25) is 63.2 Å². The number of fused-ring (bicyclic) bond motifs is 6. The van der Waals surface area contributed by atoms with Crippen molar-refractivity contribution in [1.29, 1.82) is 0 Å². The standard InChI is InChI=1S/C93H134N14O25/c1-55(2)76(104-82(119)65(100-72(111)33-41-126-43-45-128-47-48-129-46-44-127-42-40-107-74(113)31-32-75(107)114)16-10-11-38-96-73(112)54-130-68-18-9-7-8-15-64(77(68)106-95)102-85-80(117)79(116)78(115)69(52-109)132-85)84(121)101-66(17-12-39-97-88(94)124)81(118)98-59-25-19-56(20-26-59)53-131-89(125)103-67(51-108)83(120)99-60-27-21-57-23-29-70-90(3,62(57)49-60)34-13-36-92(70,5)86(122)105-87(123)93(6)37-14-35-91(4)63-50-61(110)28-22-58(63)24-30-71(91)93/h19-22,25-28,31-32,49-50,55,65-71,76,78-80,85,108-110,115-117H,7-18,23-24,29-30,33-48,51-54,95H2,1-6H3,(H,96,112)(H,98,118)(H,99,120)(H,100,111)(H,101,121)(H,103,125)(H,104,119)(H3,94,97,124)(H,105,122,123)/t65-,66+,67+,68?,69-,70-,71-,76+,78+,79+,80-,85-,90-,91-,92+,93+/m1/s1. The molecule has 0 radical (unpaired) electrons. The van der Waals surface area contributed by atoms with E-state index in [1.54, 1.807) is 38.1 Å². The van der Waals surface area contributed by atoms with Crippen LogP contribution in [0.2, 0.25) is 0 Å². The number of aliphatic hydroxyl groups excluding tert-OH is 5. The van der Waals surface area contributed by atoms with Crippen LogP contribution in [-0.2, 0) is 111 Å². The topological polar surface area (TPSA) is 579 Å².